The van der Waals surface area contributed by atoms with Gasteiger partial charge in [0, 0.05) is 28.9 Å². The molecule has 4 rings (SSSR count). The molecule has 33 heavy (non-hydrogen) atoms. The summed E-state index contributed by atoms with van der Waals surface area (Å²) in [7, 11) is -4.00. The SMILES string of the molecule is CC(O)C#Cc1ccnc2ccc(-c3cnc(Cl)c(NS(=O)(=O)c4ccc(F)cc4)c3)cc12. The minimum Gasteiger partial charge on any atom is -0.381 e. The number of aromatic nitrogens is 2. The number of hydrogen-bond donors (Lipinski definition) is 2. The van der Waals surface area contributed by atoms with Crippen LogP contribution in [-0.4, -0.2) is 29.6 Å². The van der Waals surface area contributed by atoms with E-state index < -0.39 is 21.9 Å². The van der Waals surface area contributed by atoms with E-state index in [9.17, 15) is 17.9 Å². The summed E-state index contributed by atoms with van der Waals surface area (Å²) in [5.74, 6) is 5.12. The first-order chi connectivity index (χ1) is 15.7. The average Bonchev–Trinajstić information content (AvgIpc) is 2.79. The summed E-state index contributed by atoms with van der Waals surface area (Å²) < 4.78 is 41.0. The molecule has 0 aliphatic carbocycles. The average molecular weight is 482 g/mol. The van der Waals surface area contributed by atoms with Gasteiger partial charge in [-0.15, -0.1) is 0 Å². The van der Waals surface area contributed by atoms with Crippen LogP contribution >= 0.6 is 11.6 Å². The maximum absolute atomic E-state index is 13.2. The number of nitrogens with one attached hydrogen (secondary N) is 1. The van der Waals surface area contributed by atoms with Gasteiger partial charge in [0.05, 0.1) is 16.1 Å². The minimum atomic E-state index is -4.00. The molecule has 9 heteroatoms. The zero-order valence-corrected chi connectivity index (χ0v) is 18.8. The van der Waals surface area contributed by atoms with E-state index >= 15 is 0 Å². The molecule has 0 aliphatic rings. The Balaban J connectivity index is 1.74. The highest BCUT2D eigenvalue weighted by molar-refractivity contribution is 7.92. The van der Waals surface area contributed by atoms with Crippen molar-refractivity contribution >= 4 is 38.2 Å². The van der Waals surface area contributed by atoms with Gasteiger partial charge in [-0.25, -0.2) is 17.8 Å². The molecule has 2 N–H and O–H groups in total. The topological polar surface area (TPSA) is 92.2 Å². The number of sulfonamides is 1. The molecule has 1 atom stereocenters. The molecule has 0 bridgehead atoms. The lowest BCUT2D eigenvalue weighted by atomic mass is 10.0. The van der Waals surface area contributed by atoms with Crippen molar-refractivity contribution in [2.75, 3.05) is 4.72 Å². The van der Waals surface area contributed by atoms with E-state index in [1.54, 1.807) is 25.3 Å². The van der Waals surface area contributed by atoms with Gasteiger partial charge in [0.25, 0.3) is 10.0 Å². The smallest absolute Gasteiger partial charge is 0.261 e. The van der Waals surface area contributed by atoms with E-state index in [0.29, 0.717) is 11.1 Å². The lowest BCUT2D eigenvalue weighted by Crippen LogP contribution is -2.13. The number of rotatable bonds is 4. The van der Waals surface area contributed by atoms with Crippen molar-refractivity contribution in [2.24, 2.45) is 0 Å². The molecular weight excluding hydrogens is 465 g/mol. The number of anilines is 1. The lowest BCUT2D eigenvalue weighted by Gasteiger charge is -2.11. The summed E-state index contributed by atoms with van der Waals surface area (Å²) in [5, 5.41) is 10.2. The Hall–Kier alpha value is -3.51. The van der Waals surface area contributed by atoms with Crippen LogP contribution in [0.1, 0.15) is 12.5 Å². The molecule has 2 heterocycles. The first-order valence-electron chi connectivity index (χ1n) is 9.75. The van der Waals surface area contributed by atoms with Gasteiger partial charge in [-0.05, 0) is 61.0 Å². The quantitative estimate of drug-likeness (QED) is 0.328. The van der Waals surface area contributed by atoms with Crippen LogP contribution in [0.3, 0.4) is 0 Å². The van der Waals surface area contributed by atoms with Gasteiger partial charge < -0.3 is 5.11 Å². The minimum absolute atomic E-state index is 0.0321. The standard InChI is InChI=1S/C24H17ClFN3O3S/c1-15(30)2-3-16-10-11-27-22-9-4-17(12-21(16)22)18-13-23(24(25)28-14-18)29-33(31,32)20-7-5-19(26)6-8-20/h4-15,29-30H,1H3. The van der Waals surface area contributed by atoms with E-state index in [-0.39, 0.29) is 15.7 Å². The fraction of sp³-hybridized carbons (Fsp3) is 0.0833. The molecule has 0 fully saturated rings. The normalized spacial score (nSPS) is 12.1. The number of aliphatic hydroxyl groups excluding tert-OH is 1. The number of nitrogens with zero attached hydrogens (tertiary/aromatic N) is 2. The molecule has 166 valence electrons. The van der Waals surface area contributed by atoms with E-state index in [2.05, 4.69) is 26.5 Å². The molecule has 1 unspecified atom stereocenters. The molecule has 4 aromatic rings. The number of hydrogen-bond acceptors (Lipinski definition) is 5. The molecular formula is C24H17ClFN3O3S. The zero-order chi connectivity index (χ0) is 23.6. The molecule has 0 saturated carbocycles. The molecule has 0 amide bonds. The summed E-state index contributed by atoms with van der Waals surface area (Å²) in [6.45, 7) is 1.58. The van der Waals surface area contributed by atoms with Gasteiger partial charge in [-0.1, -0.05) is 29.5 Å². The molecule has 0 aliphatic heterocycles. The number of halogens is 2. The Labute approximate surface area is 195 Å². The molecule has 0 saturated heterocycles. The first kappa shape index (κ1) is 22.7. The molecule has 2 aromatic carbocycles. The fourth-order valence-electron chi connectivity index (χ4n) is 3.11. The number of aliphatic hydroxyl groups is 1. The molecule has 2 aromatic heterocycles. The predicted molar refractivity (Wildman–Crippen MR) is 126 cm³/mol. The monoisotopic (exact) mass is 481 g/mol. The van der Waals surface area contributed by atoms with Gasteiger partial charge in [-0.3, -0.25) is 9.71 Å². The predicted octanol–water partition coefficient (Wildman–Crippen LogP) is 4.62. The zero-order valence-electron chi connectivity index (χ0n) is 17.3. The molecule has 0 spiro atoms. The maximum Gasteiger partial charge on any atom is 0.261 e. The van der Waals surface area contributed by atoms with Crippen molar-refractivity contribution < 1.29 is 17.9 Å². The number of fused-ring (bicyclic) bond motifs is 1. The Kier molecular flexibility index (Phi) is 6.29. The highest BCUT2D eigenvalue weighted by Gasteiger charge is 2.17. The molecule has 0 radical (unpaired) electrons. The lowest BCUT2D eigenvalue weighted by molar-refractivity contribution is 0.253. The van der Waals surface area contributed by atoms with Gasteiger partial charge in [-0.2, -0.15) is 0 Å². The Morgan fingerprint density at radius 3 is 2.55 bits per heavy atom. The Bertz CT molecular complexity index is 1510. The highest BCUT2D eigenvalue weighted by atomic mass is 35.5. The van der Waals surface area contributed by atoms with Crippen LogP contribution in [0.15, 0.2) is 71.9 Å². The maximum atomic E-state index is 13.2. The van der Waals surface area contributed by atoms with Crippen LogP contribution in [0.4, 0.5) is 10.1 Å². The number of pyridine rings is 2. The van der Waals surface area contributed by atoms with E-state index in [1.807, 2.05) is 18.2 Å². The third-order valence-corrected chi connectivity index (χ3v) is 6.38. The van der Waals surface area contributed by atoms with E-state index in [0.717, 1.165) is 40.7 Å². The summed E-state index contributed by atoms with van der Waals surface area (Å²) in [4.78, 5) is 8.34. The van der Waals surface area contributed by atoms with Crippen LogP contribution in [0.5, 0.6) is 0 Å². The van der Waals surface area contributed by atoms with E-state index in [1.165, 1.54) is 6.20 Å². The molecule has 6 nitrogen and oxygen atoms in total. The van der Waals surface area contributed by atoms with Crippen molar-refractivity contribution in [1.82, 2.24) is 9.97 Å². The van der Waals surface area contributed by atoms with Crippen LogP contribution in [-0.2, 0) is 10.0 Å². The second-order valence-corrected chi connectivity index (χ2v) is 9.20. The third-order valence-electron chi connectivity index (χ3n) is 4.70. The largest absolute Gasteiger partial charge is 0.381 e. The van der Waals surface area contributed by atoms with Gasteiger partial charge in [0.2, 0.25) is 0 Å². The van der Waals surface area contributed by atoms with Crippen molar-refractivity contribution in [2.45, 2.75) is 17.9 Å². The van der Waals surface area contributed by atoms with Crippen LogP contribution in [0, 0.1) is 17.7 Å². The van der Waals surface area contributed by atoms with Gasteiger partial charge in [0.15, 0.2) is 5.15 Å². The van der Waals surface area contributed by atoms with E-state index in [4.69, 9.17) is 11.6 Å². The van der Waals surface area contributed by atoms with Crippen LogP contribution < -0.4 is 4.72 Å². The van der Waals surface area contributed by atoms with Crippen LogP contribution in [0.25, 0.3) is 22.0 Å². The highest BCUT2D eigenvalue weighted by Crippen LogP contribution is 2.30. The van der Waals surface area contributed by atoms with Gasteiger partial charge in [0.1, 0.15) is 11.9 Å². The van der Waals surface area contributed by atoms with Crippen molar-refractivity contribution in [1.29, 1.82) is 0 Å². The second kappa shape index (κ2) is 9.16. The number of benzene rings is 2. The third kappa shape index (κ3) is 5.12. The Morgan fingerprint density at radius 2 is 1.82 bits per heavy atom. The summed E-state index contributed by atoms with van der Waals surface area (Å²) >= 11 is 6.14. The van der Waals surface area contributed by atoms with Gasteiger partial charge >= 0.3 is 0 Å². The summed E-state index contributed by atoms with van der Waals surface area (Å²) in [6, 6.07) is 13.3. The Morgan fingerprint density at radius 1 is 1.06 bits per heavy atom. The van der Waals surface area contributed by atoms with Crippen LogP contribution in [0.2, 0.25) is 5.15 Å². The summed E-state index contributed by atoms with van der Waals surface area (Å²) in [6.07, 6.45) is 2.39. The fourth-order valence-corrected chi connectivity index (χ4v) is 4.38. The second-order valence-electron chi connectivity index (χ2n) is 7.16. The van der Waals surface area contributed by atoms with Crippen molar-refractivity contribution in [3.05, 3.63) is 83.5 Å². The first-order valence-corrected chi connectivity index (χ1v) is 11.6. The summed E-state index contributed by atoms with van der Waals surface area (Å²) in [5.41, 5.74) is 2.84. The van der Waals surface area contributed by atoms with Crippen molar-refractivity contribution in [3.8, 4) is 23.0 Å². The van der Waals surface area contributed by atoms with Crippen molar-refractivity contribution in [3.63, 3.8) is 0 Å².